The van der Waals surface area contributed by atoms with Crippen molar-refractivity contribution in [2.75, 3.05) is 13.7 Å². The number of ketones is 1. The van der Waals surface area contributed by atoms with Gasteiger partial charge < -0.3 is 10.1 Å². The lowest BCUT2D eigenvalue weighted by Gasteiger charge is -2.05. The largest absolute Gasteiger partial charge is 0.497 e. The van der Waals surface area contributed by atoms with Crippen LogP contribution in [0.4, 0.5) is 0 Å². The molecule has 0 unspecified atom stereocenters. The fraction of sp³-hybridized carbons (Fsp3) is 0.353. The van der Waals surface area contributed by atoms with Gasteiger partial charge in [-0.1, -0.05) is 12.1 Å². The van der Waals surface area contributed by atoms with E-state index in [1.54, 1.807) is 42.7 Å². The molecule has 6 heteroatoms. The fourth-order valence-corrected chi connectivity index (χ4v) is 2.76. The summed E-state index contributed by atoms with van der Waals surface area (Å²) in [6.45, 7) is 2.49. The predicted octanol–water partition coefficient (Wildman–Crippen LogP) is 2.78. The number of amides is 1. The van der Waals surface area contributed by atoms with Gasteiger partial charge in [-0.15, -0.1) is 11.3 Å². The standard InChI is InChI=1S/C17H20N2O3S/c1-12-19-14(11-23-12)8-9-18-17(21)7-6-16(20)13-4-3-5-15(10-13)22-2/h3-5,10-11H,6-9H2,1-2H3,(H,18,21). The topological polar surface area (TPSA) is 68.3 Å². The second kappa shape index (κ2) is 8.43. The Kier molecular flexibility index (Phi) is 6.29. The molecule has 0 atom stereocenters. The van der Waals surface area contributed by atoms with Gasteiger partial charge >= 0.3 is 0 Å². The number of aryl methyl sites for hydroxylation is 1. The van der Waals surface area contributed by atoms with Crippen LogP contribution in [-0.2, 0) is 11.2 Å². The van der Waals surface area contributed by atoms with E-state index < -0.39 is 0 Å². The van der Waals surface area contributed by atoms with E-state index in [0.29, 0.717) is 24.3 Å². The summed E-state index contributed by atoms with van der Waals surface area (Å²) in [6, 6.07) is 6.96. The Hall–Kier alpha value is -2.21. The molecule has 0 aliphatic rings. The Bertz CT molecular complexity index is 682. The number of benzene rings is 1. The van der Waals surface area contributed by atoms with E-state index >= 15 is 0 Å². The van der Waals surface area contributed by atoms with Crippen LogP contribution in [-0.4, -0.2) is 30.3 Å². The summed E-state index contributed by atoms with van der Waals surface area (Å²) in [5.74, 6) is 0.459. The van der Waals surface area contributed by atoms with Crippen LogP contribution in [0.15, 0.2) is 29.6 Å². The summed E-state index contributed by atoms with van der Waals surface area (Å²) in [5.41, 5.74) is 1.55. The van der Waals surface area contributed by atoms with Crippen molar-refractivity contribution < 1.29 is 14.3 Å². The Morgan fingerprint density at radius 2 is 2.13 bits per heavy atom. The fourth-order valence-electron chi connectivity index (χ4n) is 2.11. The van der Waals surface area contributed by atoms with Crippen molar-refractivity contribution in [3.8, 4) is 5.75 Å². The number of Topliss-reactive ketones (excluding diaryl/α,β-unsaturated/α-hetero) is 1. The van der Waals surface area contributed by atoms with Crippen LogP contribution in [0.2, 0.25) is 0 Å². The first-order valence-corrected chi connectivity index (χ1v) is 8.31. The lowest BCUT2D eigenvalue weighted by Crippen LogP contribution is -2.26. The lowest BCUT2D eigenvalue weighted by molar-refractivity contribution is -0.121. The van der Waals surface area contributed by atoms with Crippen LogP contribution >= 0.6 is 11.3 Å². The normalized spacial score (nSPS) is 10.3. The van der Waals surface area contributed by atoms with Crippen LogP contribution in [0.3, 0.4) is 0 Å². The van der Waals surface area contributed by atoms with Gasteiger partial charge in [0, 0.05) is 36.8 Å². The van der Waals surface area contributed by atoms with Gasteiger partial charge in [0.25, 0.3) is 0 Å². The number of nitrogens with zero attached hydrogens (tertiary/aromatic N) is 1. The van der Waals surface area contributed by atoms with Crippen molar-refractivity contribution in [2.24, 2.45) is 0 Å². The van der Waals surface area contributed by atoms with Crippen LogP contribution in [0.1, 0.15) is 33.9 Å². The molecule has 2 aromatic rings. The Balaban J connectivity index is 1.72. The number of methoxy groups -OCH3 is 1. The number of rotatable bonds is 8. The summed E-state index contributed by atoms with van der Waals surface area (Å²) in [6.07, 6.45) is 1.08. The third-order valence-corrected chi connectivity index (χ3v) is 4.16. The van der Waals surface area contributed by atoms with Gasteiger partial charge in [0.2, 0.25) is 5.91 Å². The minimum absolute atomic E-state index is 0.0609. The molecule has 0 saturated carbocycles. The molecule has 0 fully saturated rings. The minimum atomic E-state index is -0.117. The molecule has 23 heavy (non-hydrogen) atoms. The number of hydrogen-bond acceptors (Lipinski definition) is 5. The lowest BCUT2D eigenvalue weighted by atomic mass is 10.1. The Labute approximate surface area is 139 Å². The van der Waals surface area contributed by atoms with E-state index in [2.05, 4.69) is 10.3 Å². The molecule has 0 aliphatic carbocycles. The summed E-state index contributed by atoms with van der Waals surface area (Å²) in [7, 11) is 1.56. The first-order valence-electron chi connectivity index (χ1n) is 7.43. The zero-order valence-electron chi connectivity index (χ0n) is 13.3. The highest BCUT2D eigenvalue weighted by Crippen LogP contribution is 2.14. The summed E-state index contributed by atoms with van der Waals surface area (Å²) >= 11 is 1.60. The highest BCUT2D eigenvalue weighted by atomic mass is 32.1. The van der Waals surface area contributed by atoms with Crippen molar-refractivity contribution in [2.45, 2.75) is 26.2 Å². The van der Waals surface area contributed by atoms with Crippen LogP contribution in [0.5, 0.6) is 5.75 Å². The molecule has 1 aromatic heterocycles. The van der Waals surface area contributed by atoms with E-state index in [-0.39, 0.29) is 24.5 Å². The third kappa shape index (κ3) is 5.49. The average molecular weight is 332 g/mol. The molecule has 2 rings (SSSR count). The summed E-state index contributed by atoms with van der Waals surface area (Å²) < 4.78 is 5.09. The van der Waals surface area contributed by atoms with Crippen LogP contribution in [0, 0.1) is 6.92 Å². The average Bonchev–Trinajstić information content (AvgIpc) is 2.98. The zero-order chi connectivity index (χ0) is 16.7. The van der Waals surface area contributed by atoms with E-state index in [0.717, 1.165) is 10.7 Å². The molecule has 1 N–H and O–H groups in total. The Morgan fingerprint density at radius 1 is 1.30 bits per heavy atom. The second-order valence-electron chi connectivity index (χ2n) is 5.11. The molecule has 122 valence electrons. The van der Waals surface area contributed by atoms with Crippen molar-refractivity contribution in [1.29, 1.82) is 0 Å². The molecule has 1 aromatic carbocycles. The van der Waals surface area contributed by atoms with E-state index in [1.807, 2.05) is 12.3 Å². The number of ether oxygens (including phenoxy) is 1. The van der Waals surface area contributed by atoms with Gasteiger partial charge in [0.15, 0.2) is 5.78 Å². The smallest absolute Gasteiger partial charge is 0.220 e. The first-order chi connectivity index (χ1) is 11.1. The molecular formula is C17H20N2O3S. The maximum Gasteiger partial charge on any atom is 0.220 e. The number of thiazole rings is 1. The van der Waals surface area contributed by atoms with Gasteiger partial charge in [0.05, 0.1) is 17.8 Å². The molecule has 0 aliphatic heterocycles. The molecule has 0 spiro atoms. The first kappa shape index (κ1) is 17.1. The number of carbonyl (C=O) groups excluding carboxylic acids is 2. The summed E-state index contributed by atoms with van der Waals surface area (Å²) in [5, 5.41) is 5.84. The molecule has 0 bridgehead atoms. The summed E-state index contributed by atoms with van der Waals surface area (Å²) in [4.78, 5) is 28.2. The molecular weight excluding hydrogens is 312 g/mol. The maximum atomic E-state index is 12.1. The molecule has 1 amide bonds. The number of nitrogens with one attached hydrogen (secondary N) is 1. The monoisotopic (exact) mass is 332 g/mol. The Morgan fingerprint density at radius 3 is 2.83 bits per heavy atom. The highest BCUT2D eigenvalue weighted by Gasteiger charge is 2.10. The zero-order valence-corrected chi connectivity index (χ0v) is 14.1. The van der Waals surface area contributed by atoms with Gasteiger partial charge in [-0.05, 0) is 19.1 Å². The highest BCUT2D eigenvalue weighted by molar-refractivity contribution is 7.09. The van der Waals surface area contributed by atoms with Crippen LogP contribution < -0.4 is 10.1 Å². The molecule has 5 nitrogen and oxygen atoms in total. The molecule has 1 heterocycles. The number of aromatic nitrogens is 1. The minimum Gasteiger partial charge on any atom is -0.497 e. The van der Waals surface area contributed by atoms with Crippen molar-refractivity contribution >= 4 is 23.0 Å². The second-order valence-corrected chi connectivity index (χ2v) is 6.18. The van der Waals surface area contributed by atoms with E-state index in [4.69, 9.17) is 4.74 Å². The van der Waals surface area contributed by atoms with Crippen molar-refractivity contribution in [3.63, 3.8) is 0 Å². The quantitative estimate of drug-likeness (QED) is 0.755. The van der Waals surface area contributed by atoms with Crippen LogP contribution in [0.25, 0.3) is 0 Å². The van der Waals surface area contributed by atoms with Crippen molar-refractivity contribution in [1.82, 2.24) is 10.3 Å². The molecule has 0 saturated heterocycles. The predicted molar refractivity (Wildman–Crippen MR) is 90.1 cm³/mol. The number of carbonyl (C=O) groups is 2. The van der Waals surface area contributed by atoms with Crippen molar-refractivity contribution in [3.05, 3.63) is 45.9 Å². The maximum absolute atomic E-state index is 12.1. The van der Waals surface area contributed by atoms with E-state index in [1.165, 1.54) is 0 Å². The number of hydrogen-bond donors (Lipinski definition) is 1. The van der Waals surface area contributed by atoms with E-state index in [9.17, 15) is 9.59 Å². The van der Waals surface area contributed by atoms with Gasteiger partial charge in [-0.25, -0.2) is 4.98 Å². The SMILES string of the molecule is COc1cccc(C(=O)CCC(=O)NCCc2csc(C)n2)c1. The van der Waals surface area contributed by atoms with Gasteiger partial charge in [-0.2, -0.15) is 0 Å². The van der Waals surface area contributed by atoms with Gasteiger partial charge in [0.1, 0.15) is 5.75 Å². The van der Waals surface area contributed by atoms with Gasteiger partial charge in [-0.3, -0.25) is 9.59 Å². The molecule has 0 radical (unpaired) electrons. The third-order valence-electron chi connectivity index (χ3n) is 3.34.